The third-order valence-corrected chi connectivity index (χ3v) is 2.65. The summed E-state index contributed by atoms with van der Waals surface area (Å²) in [6.07, 6.45) is 6.65. The molecule has 0 saturated heterocycles. The van der Waals surface area contributed by atoms with E-state index < -0.39 is 0 Å². The second kappa shape index (κ2) is 7.82. The second-order valence-electron chi connectivity index (χ2n) is 4.58. The first-order valence-corrected chi connectivity index (χ1v) is 6.58. The van der Waals surface area contributed by atoms with Crippen molar-refractivity contribution in [1.29, 1.82) is 0 Å². The van der Waals surface area contributed by atoms with Gasteiger partial charge < -0.3 is 10.2 Å². The normalized spacial score (nSPS) is 10.7. The summed E-state index contributed by atoms with van der Waals surface area (Å²) in [5, 5.41) is 3.34. The van der Waals surface area contributed by atoms with Crippen LogP contribution in [0.25, 0.3) is 0 Å². The van der Waals surface area contributed by atoms with Crippen LogP contribution in [0.15, 0.2) is 25.0 Å². The molecule has 0 aliphatic heterocycles. The molecule has 0 unspecified atom stereocenters. The van der Waals surface area contributed by atoms with Gasteiger partial charge in [0, 0.05) is 25.3 Å². The number of nitrogens with zero attached hydrogens (tertiary/aromatic N) is 3. The van der Waals surface area contributed by atoms with E-state index in [2.05, 4.69) is 47.5 Å². The molecule has 0 aromatic carbocycles. The van der Waals surface area contributed by atoms with Crippen LogP contribution in [-0.4, -0.2) is 29.1 Å². The molecule has 0 amide bonds. The van der Waals surface area contributed by atoms with Crippen LogP contribution in [0.1, 0.15) is 32.9 Å². The summed E-state index contributed by atoms with van der Waals surface area (Å²) in [4.78, 5) is 11.1. The quantitative estimate of drug-likeness (QED) is 0.566. The van der Waals surface area contributed by atoms with Gasteiger partial charge in [-0.2, -0.15) is 0 Å². The van der Waals surface area contributed by atoms with Gasteiger partial charge in [-0.3, -0.25) is 4.98 Å². The van der Waals surface area contributed by atoms with Gasteiger partial charge in [-0.1, -0.05) is 13.0 Å². The highest BCUT2D eigenvalue weighted by atomic mass is 15.2. The molecule has 0 spiro atoms. The predicted octanol–water partition coefficient (Wildman–Crippen LogP) is 2.38. The SMILES string of the molecule is C=CCN(c1cncc(CNCCC)n1)C(C)C. The minimum Gasteiger partial charge on any atom is -0.349 e. The smallest absolute Gasteiger partial charge is 0.147 e. The lowest BCUT2D eigenvalue weighted by atomic mass is 10.3. The Balaban J connectivity index is 2.75. The van der Waals surface area contributed by atoms with E-state index in [9.17, 15) is 0 Å². The van der Waals surface area contributed by atoms with E-state index in [0.717, 1.165) is 37.6 Å². The highest BCUT2D eigenvalue weighted by Gasteiger charge is 2.11. The Morgan fingerprint density at radius 2 is 2.22 bits per heavy atom. The van der Waals surface area contributed by atoms with Crippen molar-refractivity contribution in [3.8, 4) is 0 Å². The monoisotopic (exact) mass is 248 g/mol. The molecule has 0 aliphatic carbocycles. The Morgan fingerprint density at radius 1 is 1.44 bits per heavy atom. The van der Waals surface area contributed by atoms with Gasteiger partial charge in [0.05, 0.1) is 11.9 Å². The van der Waals surface area contributed by atoms with E-state index in [4.69, 9.17) is 0 Å². The lowest BCUT2D eigenvalue weighted by Crippen LogP contribution is -2.32. The maximum atomic E-state index is 4.64. The fraction of sp³-hybridized carbons (Fsp3) is 0.571. The van der Waals surface area contributed by atoms with Gasteiger partial charge in [-0.15, -0.1) is 6.58 Å². The topological polar surface area (TPSA) is 41.1 Å². The summed E-state index contributed by atoms with van der Waals surface area (Å²) in [6.45, 7) is 12.8. The van der Waals surface area contributed by atoms with Crippen molar-refractivity contribution in [3.63, 3.8) is 0 Å². The molecule has 0 saturated carbocycles. The van der Waals surface area contributed by atoms with Crippen LogP contribution < -0.4 is 10.2 Å². The molecule has 0 radical (unpaired) electrons. The molecule has 0 atom stereocenters. The first-order chi connectivity index (χ1) is 8.69. The maximum absolute atomic E-state index is 4.64. The fourth-order valence-corrected chi connectivity index (χ4v) is 1.72. The van der Waals surface area contributed by atoms with Gasteiger partial charge in [0.2, 0.25) is 0 Å². The van der Waals surface area contributed by atoms with Crippen molar-refractivity contribution in [3.05, 3.63) is 30.7 Å². The summed E-state index contributed by atoms with van der Waals surface area (Å²) in [6, 6.07) is 0.385. The number of hydrogen-bond acceptors (Lipinski definition) is 4. The number of hydrogen-bond donors (Lipinski definition) is 1. The standard InChI is InChI=1S/C14H24N4/c1-5-7-15-9-13-10-16-11-14(17-13)18(8-6-2)12(3)4/h6,10-12,15H,2,5,7-9H2,1,3-4H3. The zero-order valence-corrected chi connectivity index (χ0v) is 11.7. The summed E-state index contributed by atoms with van der Waals surface area (Å²) >= 11 is 0. The zero-order chi connectivity index (χ0) is 13.4. The van der Waals surface area contributed by atoms with Crippen molar-refractivity contribution in [1.82, 2.24) is 15.3 Å². The molecule has 100 valence electrons. The van der Waals surface area contributed by atoms with Crippen molar-refractivity contribution in [2.75, 3.05) is 18.0 Å². The summed E-state index contributed by atoms with van der Waals surface area (Å²) in [5.41, 5.74) is 0.982. The summed E-state index contributed by atoms with van der Waals surface area (Å²) in [5.74, 6) is 0.917. The molecular formula is C14H24N4. The van der Waals surface area contributed by atoms with Crippen molar-refractivity contribution < 1.29 is 0 Å². The van der Waals surface area contributed by atoms with Crippen LogP contribution in [0.5, 0.6) is 0 Å². The first-order valence-electron chi connectivity index (χ1n) is 6.58. The van der Waals surface area contributed by atoms with E-state index >= 15 is 0 Å². The molecule has 1 rings (SSSR count). The van der Waals surface area contributed by atoms with Crippen LogP contribution in [0.4, 0.5) is 5.82 Å². The van der Waals surface area contributed by atoms with Gasteiger partial charge >= 0.3 is 0 Å². The van der Waals surface area contributed by atoms with Crippen molar-refractivity contribution >= 4 is 5.82 Å². The average Bonchev–Trinajstić information content (AvgIpc) is 2.36. The fourth-order valence-electron chi connectivity index (χ4n) is 1.72. The third-order valence-electron chi connectivity index (χ3n) is 2.65. The van der Waals surface area contributed by atoms with Crippen molar-refractivity contribution in [2.24, 2.45) is 0 Å². The lowest BCUT2D eigenvalue weighted by molar-refractivity contribution is 0.655. The van der Waals surface area contributed by atoms with E-state index in [1.807, 2.05) is 18.5 Å². The molecule has 18 heavy (non-hydrogen) atoms. The highest BCUT2D eigenvalue weighted by Crippen LogP contribution is 2.13. The molecule has 1 heterocycles. The zero-order valence-electron chi connectivity index (χ0n) is 11.7. The Labute approximate surface area is 110 Å². The van der Waals surface area contributed by atoms with E-state index in [1.165, 1.54) is 0 Å². The van der Waals surface area contributed by atoms with Crippen LogP contribution in [0.2, 0.25) is 0 Å². The highest BCUT2D eigenvalue weighted by molar-refractivity contribution is 5.38. The Kier molecular flexibility index (Phi) is 6.36. The van der Waals surface area contributed by atoms with E-state index in [-0.39, 0.29) is 0 Å². The first kappa shape index (κ1) is 14.6. The molecule has 0 bridgehead atoms. The van der Waals surface area contributed by atoms with Gasteiger partial charge in [-0.05, 0) is 26.8 Å². The second-order valence-corrected chi connectivity index (χ2v) is 4.58. The Morgan fingerprint density at radius 3 is 2.83 bits per heavy atom. The van der Waals surface area contributed by atoms with Crippen LogP contribution in [-0.2, 0) is 6.54 Å². The molecular weight excluding hydrogens is 224 g/mol. The van der Waals surface area contributed by atoms with E-state index in [0.29, 0.717) is 6.04 Å². The molecule has 0 aliphatic rings. The molecule has 4 heteroatoms. The number of anilines is 1. The molecule has 1 N–H and O–H groups in total. The number of nitrogens with one attached hydrogen (secondary N) is 1. The molecule has 0 fully saturated rings. The maximum Gasteiger partial charge on any atom is 0.147 e. The van der Waals surface area contributed by atoms with Gasteiger partial charge in [0.25, 0.3) is 0 Å². The summed E-state index contributed by atoms with van der Waals surface area (Å²) in [7, 11) is 0. The predicted molar refractivity (Wildman–Crippen MR) is 76.7 cm³/mol. The van der Waals surface area contributed by atoms with Gasteiger partial charge in [-0.25, -0.2) is 4.98 Å². The minimum atomic E-state index is 0.385. The van der Waals surface area contributed by atoms with Crippen LogP contribution >= 0.6 is 0 Å². The minimum absolute atomic E-state index is 0.385. The Hall–Kier alpha value is -1.42. The molecule has 1 aromatic rings. The summed E-state index contributed by atoms with van der Waals surface area (Å²) < 4.78 is 0. The average molecular weight is 248 g/mol. The molecule has 1 aromatic heterocycles. The van der Waals surface area contributed by atoms with E-state index in [1.54, 1.807) is 0 Å². The third kappa shape index (κ3) is 4.45. The number of rotatable bonds is 8. The Bertz CT molecular complexity index is 363. The van der Waals surface area contributed by atoms with Crippen LogP contribution in [0, 0.1) is 0 Å². The van der Waals surface area contributed by atoms with Gasteiger partial charge in [0.15, 0.2) is 0 Å². The van der Waals surface area contributed by atoms with Crippen molar-refractivity contribution in [2.45, 2.75) is 39.8 Å². The van der Waals surface area contributed by atoms with Gasteiger partial charge in [0.1, 0.15) is 5.82 Å². The lowest BCUT2D eigenvalue weighted by Gasteiger charge is -2.26. The number of aromatic nitrogens is 2. The van der Waals surface area contributed by atoms with Crippen LogP contribution in [0.3, 0.4) is 0 Å². The molecule has 4 nitrogen and oxygen atoms in total. The largest absolute Gasteiger partial charge is 0.349 e.